The Morgan fingerprint density at radius 1 is 1.18 bits per heavy atom. The number of H-pyrrole nitrogens is 1. The highest BCUT2D eigenvalue weighted by Crippen LogP contribution is 2.44. The van der Waals surface area contributed by atoms with Gasteiger partial charge in [0.15, 0.2) is 0 Å². The van der Waals surface area contributed by atoms with Gasteiger partial charge >= 0.3 is 0 Å². The van der Waals surface area contributed by atoms with Gasteiger partial charge in [0, 0.05) is 36.0 Å². The molecule has 142 valence electrons. The molecule has 1 aliphatic carbocycles. The fraction of sp³-hybridized carbons (Fsp3) is 0.364. The number of piperidine rings is 1. The maximum atomic E-state index is 13.5. The minimum Gasteiger partial charge on any atom is -0.338 e. The summed E-state index contributed by atoms with van der Waals surface area (Å²) in [7, 11) is 0. The van der Waals surface area contributed by atoms with Gasteiger partial charge in [0.2, 0.25) is 0 Å². The second-order valence-corrected chi connectivity index (χ2v) is 7.93. The largest absolute Gasteiger partial charge is 0.338 e. The van der Waals surface area contributed by atoms with Gasteiger partial charge in [-0.25, -0.2) is 9.97 Å². The molecule has 6 heteroatoms. The van der Waals surface area contributed by atoms with Crippen molar-refractivity contribution in [3.05, 3.63) is 65.4 Å². The van der Waals surface area contributed by atoms with Crippen LogP contribution in [0.5, 0.6) is 0 Å². The van der Waals surface area contributed by atoms with E-state index < -0.39 is 0 Å². The Labute approximate surface area is 164 Å². The van der Waals surface area contributed by atoms with Crippen molar-refractivity contribution in [3.63, 3.8) is 0 Å². The van der Waals surface area contributed by atoms with Crippen LogP contribution in [0.25, 0.3) is 11.3 Å². The third kappa shape index (κ3) is 2.71. The number of fused-ring (bicyclic) bond motifs is 2. The molecule has 1 unspecified atom stereocenters. The summed E-state index contributed by atoms with van der Waals surface area (Å²) in [6.07, 6.45) is 7.84. The fourth-order valence-electron chi connectivity index (χ4n) is 4.78. The number of aromatic nitrogens is 4. The molecule has 0 radical (unpaired) electrons. The fourth-order valence-corrected chi connectivity index (χ4v) is 4.78. The molecule has 3 aromatic rings. The van der Waals surface area contributed by atoms with Crippen molar-refractivity contribution >= 4 is 5.91 Å². The molecule has 1 N–H and O–H groups in total. The number of likely N-dealkylation sites (tertiary alicyclic amines) is 1. The Bertz CT molecular complexity index is 1030. The Morgan fingerprint density at radius 3 is 2.89 bits per heavy atom. The van der Waals surface area contributed by atoms with Gasteiger partial charge in [-0.05, 0) is 38.2 Å². The number of hydrogen-bond donors (Lipinski definition) is 1. The van der Waals surface area contributed by atoms with E-state index in [0.717, 1.165) is 44.3 Å². The number of hydrogen-bond acceptors (Lipinski definition) is 4. The van der Waals surface area contributed by atoms with Gasteiger partial charge in [-0.1, -0.05) is 30.3 Å². The molecule has 28 heavy (non-hydrogen) atoms. The number of benzene rings is 1. The third-order valence-electron chi connectivity index (χ3n) is 6.17. The summed E-state index contributed by atoms with van der Waals surface area (Å²) < 4.78 is 0. The highest BCUT2D eigenvalue weighted by atomic mass is 16.2. The van der Waals surface area contributed by atoms with E-state index in [1.54, 1.807) is 6.20 Å². The summed E-state index contributed by atoms with van der Waals surface area (Å²) in [6.45, 7) is 3.35. The maximum Gasteiger partial charge on any atom is 0.257 e. The van der Waals surface area contributed by atoms with E-state index >= 15 is 0 Å². The summed E-state index contributed by atoms with van der Waals surface area (Å²) in [5.41, 5.74) is 4.78. The molecule has 1 aromatic carbocycles. The molecule has 0 saturated carbocycles. The standard InChI is InChI=1S/C22H23N5O/c1-15-23-13-18(19(25-15)16-6-3-2-4-7-16)21(28)27-11-5-9-22(14-27)10-8-17-12-24-26-20(17)22/h2-4,6-7,12-13H,5,8-11,14H2,1H3,(H,24,26). The molecule has 1 fully saturated rings. The molecule has 1 amide bonds. The first-order chi connectivity index (χ1) is 13.7. The van der Waals surface area contributed by atoms with E-state index in [9.17, 15) is 4.79 Å². The number of rotatable bonds is 2. The molecule has 1 atom stereocenters. The normalized spacial score (nSPS) is 21.1. The Morgan fingerprint density at radius 2 is 2.04 bits per heavy atom. The second kappa shape index (κ2) is 6.55. The maximum absolute atomic E-state index is 13.5. The van der Waals surface area contributed by atoms with Gasteiger partial charge in [0.05, 0.1) is 17.5 Å². The van der Waals surface area contributed by atoms with Crippen molar-refractivity contribution in [2.24, 2.45) is 0 Å². The minimum absolute atomic E-state index is 0.0121. The van der Waals surface area contributed by atoms with E-state index in [4.69, 9.17) is 0 Å². The molecule has 1 aliphatic heterocycles. The molecule has 1 spiro atoms. The number of amides is 1. The predicted octanol–water partition coefficient (Wildman–Crippen LogP) is 3.30. The quantitative estimate of drug-likeness (QED) is 0.748. The van der Waals surface area contributed by atoms with Crippen molar-refractivity contribution in [3.8, 4) is 11.3 Å². The predicted molar refractivity (Wildman–Crippen MR) is 106 cm³/mol. The van der Waals surface area contributed by atoms with Gasteiger partial charge in [-0.3, -0.25) is 9.89 Å². The van der Waals surface area contributed by atoms with E-state index in [1.165, 1.54) is 11.3 Å². The SMILES string of the molecule is Cc1ncc(C(=O)N2CCCC3(CCc4cn[nH]c43)C2)c(-c2ccccc2)n1. The first kappa shape index (κ1) is 17.1. The smallest absolute Gasteiger partial charge is 0.257 e. The minimum atomic E-state index is 0.0121. The number of carbonyl (C=O) groups excluding carboxylic acids is 1. The molecule has 6 nitrogen and oxygen atoms in total. The number of nitrogens with one attached hydrogen (secondary N) is 1. The number of nitrogens with zero attached hydrogens (tertiary/aromatic N) is 4. The van der Waals surface area contributed by atoms with Crippen LogP contribution in [-0.4, -0.2) is 44.1 Å². The zero-order valence-corrected chi connectivity index (χ0v) is 16.0. The monoisotopic (exact) mass is 373 g/mol. The van der Waals surface area contributed by atoms with E-state index in [0.29, 0.717) is 17.1 Å². The van der Waals surface area contributed by atoms with Gasteiger partial charge in [0.1, 0.15) is 5.82 Å². The van der Waals surface area contributed by atoms with Crippen LogP contribution in [-0.2, 0) is 11.8 Å². The molecular weight excluding hydrogens is 350 g/mol. The van der Waals surface area contributed by atoms with Gasteiger partial charge in [-0.15, -0.1) is 0 Å². The van der Waals surface area contributed by atoms with Crippen LogP contribution in [0, 0.1) is 6.92 Å². The molecule has 0 bridgehead atoms. The van der Waals surface area contributed by atoms with Crippen LogP contribution < -0.4 is 0 Å². The lowest BCUT2D eigenvalue weighted by Crippen LogP contribution is -2.48. The average Bonchev–Trinajstić information content (AvgIpc) is 3.33. The molecule has 2 aromatic heterocycles. The summed E-state index contributed by atoms with van der Waals surface area (Å²) in [6, 6.07) is 9.88. The highest BCUT2D eigenvalue weighted by molar-refractivity contribution is 5.99. The van der Waals surface area contributed by atoms with E-state index in [1.807, 2.05) is 48.4 Å². The summed E-state index contributed by atoms with van der Waals surface area (Å²) >= 11 is 0. The van der Waals surface area contributed by atoms with Gasteiger partial charge < -0.3 is 4.90 Å². The number of aryl methyl sites for hydroxylation is 2. The van der Waals surface area contributed by atoms with Gasteiger partial charge in [0.25, 0.3) is 5.91 Å². The van der Waals surface area contributed by atoms with Crippen LogP contribution in [0.2, 0.25) is 0 Å². The first-order valence-corrected chi connectivity index (χ1v) is 9.87. The summed E-state index contributed by atoms with van der Waals surface area (Å²) in [4.78, 5) is 24.4. The second-order valence-electron chi connectivity index (χ2n) is 7.93. The zero-order valence-electron chi connectivity index (χ0n) is 16.0. The van der Waals surface area contributed by atoms with Crippen molar-refractivity contribution < 1.29 is 4.79 Å². The van der Waals surface area contributed by atoms with E-state index in [2.05, 4.69) is 20.2 Å². The lowest BCUT2D eigenvalue weighted by molar-refractivity contribution is 0.0633. The molecule has 1 saturated heterocycles. The Kier molecular flexibility index (Phi) is 4.00. The zero-order chi connectivity index (χ0) is 19.1. The molecular formula is C22H23N5O. The molecule has 5 rings (SSSR count). The highest BCUT2D eigenvalue weighted by Gasteiger charge is 2.44. The van der Waals surface area contributed by atoms with Crippen molar-refractivity contribution in [1.82, 2.24) is 25.1 Å². The molecule has 3 heterocycles. The van der Waals surface area contributed by atoms with Crippen LogP contribution in [0.4, 0.5) is 0 Å². The topological polar surface area (TPSA) is 74.8 Å². The van der Waals surface area contributed by atoms with Crippen molar-refractivity contribution in [2.45, 2.75) is 38.0 Å². The van der Waals surface area contributed by atoms with Crippen LogP contribution in [0.3, 0.4) is 0 Å². The Balaban J connectivity index is 1.49. The van der Waals surface area contributed by atoms with Crippen molar-refractivity contribution in [1.29, 1.82) is 0 Å². The van der Waals surface area contributed by atoms with Crippen LogP contribution in [0.1, 0.15) is 46.7 Å². The first-order valence-electron chi connectivity index (χ1n) is 9.87. The van der Waals surface area contributed by atoms with Gasteiger partial charge in [-0.2, -0.15) is 5.10 Å². The third-order valence-corrected chi connectivity index (χ3v) is 6.17. The number of carbonyl (C=O) groups is 1. The van der Waals surface area contributed by atoms with Crippen molar-refractivity contribution in [2.75, 3.05) is 13.1 Å². The summed E-state index contributed by atoms with van der Waals surface area (Å²) in [5.74, 6) is 0.689. The lowest BCUT2D eigenvalue weighted by Gasteiger charge is -2.40. The molecule has 2 aliphatic rings. The lowest BCUT2D eigenvalue weighted by atomic mass is 9.77. The van der Waals surface area contributed by atoms with E-state index in [-0.39, 0.29) is 11.3 Å². The summed E-state index contributed by atoms with van der Waals surface area (Å²) in [5, 5.41) is 7.45. The van der Waals surface area contributed by atoms with Crippen LogP contribution in [0.15, 0.2) is 42.7 Å². The Hall–Kier alpha value is -3.02. The average molecular weight is 373 g/mol. The number of aromatic amines is 1. The van der Waals surface area contributed by atoms with Crippen LogP contribution >= 0.6 is 0 Å².